The lowest BCUT2D eigenvalue weighted by atomic mass is 10.2. The van der Waals surface area contributed by atoms with Gasteiger partial charge in [-0.25, -0.2) is 13.1 Å². The molecule has 2 rings (SSSR count). The van der Waals surface area contributed by atoms with Gasteiger partial charge in [-0.15, -0.1) is 0 Å². The molecular formula is C13H19NO5S. The molecule has 0 saturated carbocycles. The molecule has 1 aromatic carbocycles. The first kappa shape index (κ1) is 15.2. The first-order valence-corrected chi connectivity index (χ1v) is 7.88. The Balaban J connectivity index is 2.25. The van der Waals surface area contributed by atoms with Crippen molar-refractivity contribution < 1.29 is 23.0 Å². The van der Waals surface area contributed by atoms with E-state index in [1.54, 1.807) is 0 Å². The Labute approximate surface area is 118 Å². The summed E-state index contributed by atoms with van der Waals surface area (Å²) in [7, 11) is -2.16. The lowest BCUT2D eigenvalue weighted by Crippen LogP contribution is -2.39. The minimum Gasteiger partial charge on any atom is -0.496 e. The first-order chi connectivity index (χ1) is 9.47. The van der Waals surface area contributed by atoms with E-state index in [1.807, 2.05) is 6.92 Å². The highest BCUT2D eigenvalue weighted by molar-refractivity contribution is 7.89. The van der Waals surface area contributed by atoms with Gasteiger partial charge in [-0.3, -0.25) is 0 Å². The summed E-state index contributed by atoms with van der Waals surface area (Å²) in [5.41, 5.74) is 0.436. The summed E-state index contributed by atoms with van der Waals surface area (Å²) in [6.45, 7) is 2.11. The van der Waals surface area contributed by atoms with Crippen LogP contribution in [0.1, 0.15) is 18.9 Å². The van der Waals surface area contributed by atoms with Gasteiger partial charge in [0.05, 0.1) is 30.8 Å². The summed E-state index contributed by atoms with van der Waals surface area (Å²) >= 11 is 0. The van der Waals surface area contributed by atoms with E-state index in [0.29, 0.717) is 24.3 Å². The number of nitrogens with one attached hydrogen (secondary N) is 1. The van der Waals surface area contributed by atoms with E-state index < -0.39 is 10.0 Å². The number of sulfonamides is 1. The lowest BCUT2D eigenvalue weighted by molar-refractivity contribution is 0.117. The monoisotopic (exact) mass is 301 g/mol. The van der Waals surface area contributed by atoms with Gasteiger partial charge in [-0.05, 0) is 31.5 Å². The zero-order valence-corrected chi connectivity index (χ0v) is 12.3. The molecule has 112 valence electrons. The van der Waals surface area contributed by atoms with Crippen molar-refractivity contribution >= 4 is 10.0 Å². The van der Waals surface area contributed by atoms with Crippen LogP contribution in [0, 0.1) is 0 Å². The van der Waals surface area contributed by atoms with Crippen LogP contribution >= 0.6 is 0 Å². The summed E-state index contributed by atoms with van der Waals surface area (Å²) in [5, 5.41) is 9.25. The predicted molar refractivity (Wildman–Crippen MR) is 73.1 cm³/mol. The predicted octanol–water partition coefficient (Wildman–Crippen LogP) is 0.643. The van der Waals surface area contributed by atoms with Gasteiger partial charge in [0.15, 0.2) is 0 Å². The van der Waals surface area contributed by atoms with Crippen LogP contribution in [0.5, 0.6) is 5.75 Å². The maximum absolute atomic E-state index is 12.3. The zero-order chi connectivity index (χ0) is 14.8. The SMILES string of the molecule is COc1ccc(S(=O)(=O)NC2CCOC2C)cc1CO. The van der Waals surface area contributed by atoms with Crippen molar-refractivity contribution in [3.05, 3.63) is 23.8 Å². The molecular weight excluding hydrogens is 282 g/mol. The van der Waals surface area contributed by atoms with Crippen LogP contribution in [-0.4, -0.2) is 39.4 Å². The van der Waals surface area contributed by atoms with Gasteiger partial charge in [0.25, 0.3) is 0 Å². The van der Waals surface area contributed by atoms with Crippen molar-refractivity contribution in [2.75, 3.05) is 13.7 Å². The Morgan fingerprint density at radius 3 is 2.80 bits per heavy atom. The first-order valence-electron chi connectivity index (χ1n) is 6.39. The van der Waals surface area contributed by atoms with E-state index in [2.05, 4.69) is 4.72 Å². The molecule has 0 radical (unpaired) electrons. The van der Waals surface area contributed by atoms with Crippen LogP contribution < -0.4 is 9.46 Å². The van der Waals surface area contributed by atoms with E-state index >= 15 is 0 Å². The second kappa shape index (κ2) is 6.09. The average molecular weight is 301 g/mol. The van der Waals surface area contributed by atoms with Gasteiger partial charge in [-0.2, -0.15) is 0 Å². The molecule has 2 N–H and O–H groups in total. The summed E-state index contributed by atoms with van der Waals surface area (Å²) < 4.78 is 37.7. The molecule has 1 fully saturated rings. The molecule has 7 heteroatoms. The maximum Gasteiger partial charge on any atom is 0.240 e. The Morgan fingerprint density at radius 2 is 2.25 bits per heavy atom. The average Bonchev–Trinajstić information content (AvgIpc) is 2.82. The molecule has 0 bridgehead atoms. The van der Waals surface area contributed by atoms with Gasteiger partial charge in [-0.1, -0.05) is 0 Å². The third-order valence-electron chi connectivity index (χ3n) is 3.42. The number of hydrogen-bond donors (Lipinski definition) is 2. The quantitative estimate of drug-likeness (QED) is 0.834. The van der Waals surface area contributed by atoms with Gasteiger partial charge < -0.3 is 14.6 Å². The number of aliphatic hydroxyl groups is 1. The fourth-order valence-electron chi connectivity index (χ4n) is 2.20. The van der Waals surface area contributed by atoms with E-state index in [-0.39, 0.29) is 23.6 Å². The molecule has 2 atom stereocenters. The number of benzene rings is 1. The highest BCUT2D eigenvalue weighted by Crippen LogP contribution is 2.23. The fourth-order valence-corrected chi connectivity index (χ4v) is 3.59. The van der Waals surface area contributed by atoms with Gasteiger partial charge in [0.2, 0.25) is 10.0 Å². The molecule has 20 heavy (non-hydrogen) atoms. The minimum absolute atomic E-state index is 0.112. The molecule has 1 aliphatic rings. The molecule has 0 aromatic heterocycles. The van der Waals surface area contributed by atoms with Crippen molar-refractivity contribution in [3.8, 4) is 5.75 Å². The van der Waals surface area contributed by atoms with Gasteiger partial charge in [0.1, 0.15) is 5.75 Å². The maximum atomic E-state index is 12.3. The van der Waals surface area contributed by atoms with Crippen molar-refractivity contribution in [1.82, 2.24) is 4.72 Å². The van der Waals surface area contributed by atoms with Crippen LogP contribution in [0.25, 0.3) is 0 Å². The Hall–Kier alpha value is -1.15. The summed E-state index contributed by atoms with van der Waals surface area (Å²) in [5.74, 6) is 0.462. The van der Waals surface area contributed by atoms with Crippen LogP contribution in [0.4, 0.5) is 0 Å². The number of ether oxygens (including phenoxy) is 2. The third-order valence-corrected chi connectivity index (χ3v) is 4.90. The largest absolute Gasteiger partial charge is 0.496 e. The highest BCUT2D eigenvalue weighted by Gasteiger charge is 2.29. The zero-order valence-electron chi connectivity index (χ0n) is 11.5. The standard InChI is InChI=1S/C13H19NO5S/c1-9-12(5-6-19-9)14-20(16,17)11-3-4-13(18-2)10(7-11)8-15/h3-4,7,9,12,14-15H,5-6,8H2,1-2H3. The Kier molecular flexibility index (Phi) is 4.64. The van der Waals surface area contributed by atoms with E-state index in [0.717, 1.165) is 0 Å². The van der Waals surface area contributed by atoms with E-state index in [9.17, 15) is 13.5 Å². The second-order valence-corrected chi connectivity index (χ2v) is 6.44. The number of hydrogen-bond acceptors (Lipinski definition) is 5. The normalized spacial score (nSPS) is 22.9. The number of rotatable bonds is 5. The summed E-state index contributed by atoms with van der Waals surface area (Å²) in [4.78, 5) is 0.112. The molecule has 0 amide bonds. The minimum atomic E-state index is -3.63. The second-order valence-electron chi connectivity index (χ2n) is 4.72. The molecule has 0 spiro atoms. The Bertz CT molecular complexity index is 572. The molecule has 6 nitrogen and oxygen atoms in total. The van der Waals surface area contributed by atoms with E-state index in [1.165, 1.54) is 25.3 Å². The summed E-state index contributed by atoms with van der Waals surface area (Å²) in [6.07, 6.45) is 0.518. The summed E-state index contributed by atoms with van der Waals surface area (Å²) in [6, 6.07) is 4.19. The van der Waals surface area contributed by atoms with Gasteiger partial charge in [0, 0.05) is 12.2 Å². The smallest absolute Gasteiger partial charge is 0.240 e. The molecule has 1 heterocycles. The molecule has 2 unspecified atom stereocenters. The molecule has 0 aliphatic carbocycles. The third kappa shape index (κ3) is 3.12. The van der Waals surface area contributed by atoms with Crippen molar-refractivity contribution in [3.63, 3.8) is 0 Å². The van der Waals surface area contributed by atoms with Crippen molar-refractivity contribution in [2.45, 2.75) is 37.0 Å². The van der Waals surface area contributed by atoms with Crippen molar-refractivity contribution in [2.24, 2.45) is 0 Å². The molecule has 1 saturated heterocycles. The number of aliphatic hydroxyl groups excluding tert-OH is 1. The molecule has 1 aliphatic heterocycles. The molecule has 1 aromatic rings. The van der Waals surface area contributed by atoms with Gasteiger partial charge >= 0.3 is 0 Å². The van der Waals surface area contributed by atoms with Crippen molar-refractivity contribution in [1.29, 1.82) is 0 Å². The van der Waals surface area contributed by atoms with Crippen LogP contribution in [0.3, 0.4) is 0 Å². The van der Waals surface area contributed by atoms with Crippen LogP contribution in [0.2, 0.25) is 0 Å². The van der Waals surface area contributed by atoms with E-state index in [4.69, 9.17) is 9.47 Å². The topological polar surface area (TPSA) is 84.9 Å². The lowest BCUT2D eigenvalue weighted by Gasteiger charge is -2.17. The van der Waals surface area contributed by atoms with Crippen LogP contribution in [-0.2, 0) is 21.4 Å². The van der Waals surface area contributed by atoms with Crippen LogP contribution in [0.15, 0.2) is 23.1 Å². The fraction of sp³-hybridized carbons (Fsp3) is 0.538. The highest BCUT2D eigenvalue weighted by atomic mass is 32.2. The Morgan fingerprint density at radius 1 is 1.50 bits per heavy atom. The number of methoxy groups -OCH3 is 1.